The molecule has 0 radical (unpaired) electrons. The Balaban J connectivity index is 2.33. The molecule has 0 aliphatic heterocycles. The van der Waals surface area contributed by atoms with E-state index in [9.17, 15) is 4.79 Å². The number of amides is 1. The second-order valence-corrected chi connectivity index (χ2v) is 3.77. The summed E-state index contributed by atoms with van der Waals surface area (Å²) in [6.45, 7) is 1.71. The summed E-state index contributed by atoms with van der Waals surface area (Å²) in [4.78, 5) is 15.8. The van der Waals surface area contributed by atoms with Gasteiger partial charge in [-0.15, -0.1) is 0 Å². The average Bonchev–Trinajstić information content (AvgIpc) is 2.38. The largest absolute Gasteiger partial charge is 0.372 e. The van der Waals surface area contributed by atoms with Gasteiger partial charge in [0.15, 0.2) is 0 Å². The molecule has 1 aromatic carbocycles. The molecular formula is C13H14N2O2. The van der Waals surface area contributed by atoms with Gasteiger partial charge in [0.2, 0.25) is 0 Å². The first-order valence-electron chi connectivity index (χ1n) is 5.39. The van der Waals surface area contributed by atoms with Crippen LogP contribution in [0, 0.1) is 0 Å². The van der Waals surface area contributed by atoms with Gasteiger partial charge in [-0.2, -0.15) is 0 Å². The molecule has 17 heavy (non-hydrogen) atoms. The van der Waals surface area contributed by atoms with Crippen molar-refractivity contribution in [3.8, 4) is 0 Å². The van der Waals surface area contributed by atoms with Gasteiger partial charge in [0.25, 0.3) is 5.91 Å². The Bertz CT molecular complexity index is 534. The first-order chi connectivity index (χ1) is 8.22. The Labute approximate surface area is 99.6 Å². The van der Waals surface area contributed by atoms with Crippen molar-refractivity contribution in [1.82, 2.24) is 4.98 Å². The zero-order chi connectivity index (χ0) is 12.3. The molecule has 2 aromatic rings. The molecule has 1 heterocycles. The highest BCUT2D eigenvalue weighted by Crippen LogP contribution is 2.22. The van der Waals surface area contributed by atoms with E-state index < -0.39 is 6.10 Å². The predicted octanol–water partition coefficient (Wildman–Crippen LogP) is 2.21. The second kappa shape index (κ2) is 4.93. The third-order valence-corrected chi connectivity index (χ3v) is 2.66. The highest BCUT2D eigenvalue weighted by Gasteiger charge is 2.12. The Morgan fingerprint density at radius 3 is 3.00 bits per heavy atom. The number of hydrogen-bond donors (Lipinski definition) is 1. The zero-order valence-electron chi connectivity index (χ0n) is 9.81. The van der Waals surface area contributed by atoms with E-state index in [-0.39, 0.29) is 5.91 Å². The Morgan fingerprint density at radius 2 is 2.24 bits per heavy atom. The van der Waals surface area contributed by atoms with E-state index in [4.69, 9.17) is 4.74 Å². The number of hydrogen-bond acceptors (Lipinski definition) is 3. The lowest BCUT2D eigenvalue weighted by atomic mass is 10.1. The monoisotopic (exact) mass is 230 g/mol. The number of nitrogens with zero attached hydrogens (tertiary/aromatic N) is 1. The van der Waals surface area contributed by atoms with E-state index in [1.165, 1.54) is 7.11 Å². The fourth-order valence-electron chi connectivity index (χ4n) is 1.57. The maximum atomic E-state index is 11.7. The van der Waals surface area contributed by atoms with Gasteiger partial charge in [-0.25, -0.2) is 0 Å². The summed E-state index contributed by atoms with van der Waals surface area (Å²) in [6, 6.07) is 7.58. The molecule has 1 atom stereocenters. The van der Waals surface area contributed by atoms with Crippen LogP contribution >= 0.6 is 0 Å². The van der Waals surface area contributed by atoms with Gasteiger partial charge in [0, 0.05) is 36.0 Å². The van der Waals surface area contributed by atoms with Crippen molar-refractivity contribution in [3.63, 3.8) is 0 Å². The summed E-state index contributed by atoms with van der Waals surface area (Å²) in [5.74, 6) is -0.156. The zero-order valence-corrected chi connectivity index (χ0v) is 9.81. The number of benzene rings is 1. The number of anilines is 1. The van der Waals surface area contributed by atoms with Gasteiger partial charge < -0.3 is 10.1 Å². The number of pyridine rings is 1. The molecular weight excluding hydrogens is 216 g/mol. The summed E-state index contributed by atoms with van der Waals surface area (Å²) in [5.41, 5.74) is 0.777. The van der Waals surface area contributed by atoms with Crippen molar-refractivity contribution in [1.29, 1.82) is 0 Å². The summed E-state index contributed by atoms with van der Waals surface area (Å²) in [7, 11) is 1.51. The fraction of sp³-hybridized carbons (Fsp3) is 0.231. The van der Waals surface area contributed by atoms with Crippen LogP contribution in [0.5, 0.6) is 0 Å². The first kappa shape index (κ1) is 11.5. The lowest BCUT2D eigenvalue weighted by Gasteiger charge is -2.12. The van der Waals surface area contributed by atoms with E-state index in [0.717, 1.165) is 16.5 Å². The molecule has 0 saturated heterocycles. The van der Waals surface area contributed by atoms with Crippen molar-refractivity contribution in [2.45, 2.75) is 13.0 Å². The molecule has 0 fully saturated rings. The van der Waals surface area contributed by atoms with Crippen molar-refractivity contribution in [2.24, 2.45) is 0 Å². The molecule has 0 aliphatic rings. The van der Waals surface area contributed by atoms with E-state index in [0.29, 0.717) is 0 Å². The van der Waals surface area contributed by atoms with Crippen LogP contribution in [0.4, 0.5) is 5.69 Å². The van der Waals surface area contributed by atoms with Gasteiger partial charge in [0.05, 0.1) is 0 Å². The number of methoxy groups -OCH3 is 1. The van der Waals surface area contributed by atoms with Crippen molar-refractivity contribution >= 4 is 22.4 Å². The number of aromatic nitrogens is 1. The maximum absolute atomic E-state index is 11.7. The number of fused-ring (bicyclic) bond motifs is 1. The minimum absolute atomic E-state index is 0.156. The smallest absolute Gasteiger partial charge is 0.253 e. The summed E-state index contributed by atoms with van der Waals surface area (Å²) in [6.07, 6.45) is 3.01. The standard InChI is InChI=1S/C13H14N2O2/c1-9(17-2)13(16)15-12-5-3-4-10-8-14-7-6-11(10)12/h3-9H,1-2H3,(H,15,16). The molecule has 0 saturated carbocycles. The van der Waals surface area contributed by atoms with E-state index in [2.05, 4.69) is 10.3 Å². The maximum Gasteiger partial charge on any atom is 0.253 e. The minimum Gasteiger partial charge on any atom is -0.372 e. The van der Waals surface area contributed by atoms with Crippen LogP contribution in [0.1, 0.15) is 6.92 Å². The third-order valence-electron chi connectivity index (χ3n) is 2.66. The molecule has 2 rings (SSSR count). The molecule has 1 amide bonds. The second-order valence-electron chi connectivity index (χ2n) is 3.77. The summed E-state index contributed by atoms with van der Waals surface area (Å²) in [5, 5.41) is 4.81. The van der Waals surface area contributed by atoms with Crippen LogP contribution in [0.2, 0.25) is 0 Å². The van der Waals surface area contributed by atoms with Crippen molar-refractivity contribution in [2.75, 3.05) is 12.4 Å². The molecule has 1 unspecified atom stereocenters. The summed E-state index contributed by atoms with van der Waals surface area (Å²) >= 11 is 0. The van der Waals surface area contributed by atoms with Crippen molar-refractivity contribution < 1.29 is 9.53 Å². The average molecular weight is 230 g/mol. The molecule has 4 nitrogen and oxygen atoms in total. The molecule has 0 aliphatic carbocycles. The normalized spacial score (nSPS) is 12.4. The van der Waals surface area contributed by atoms with Crippen molar-refractivity contribution in [3.05, 3.63) is 36.7 Å². The predicted molar refractivity (Wildman–Crippen MR) is 66.8 cm³/mol. The van der Waals surface area contributed by atoms with Crippen LogP contribution in [0.15, 0.2) is 36.7 Å². The minimum atomic E-state index is -0.466. The molecule has 1 aromatic heterocycles. The molecule has 1 N–H and O–H groups in total. The van der Waals surface area contributed by atoms with E-state index in [1.807, 2.05) is 24.3 Å². The van der Waals surface area contributed by atoms with E-state index >= 15 is 0 Å². The van der Waals surface area contributed by atoms with Crippen LogP contribution in [0.3, 0.4) is 0 Å². The van der Waals surface area contributed by atoms with Crippen LogP contribution in [0.25, 0.3) is 10.8 Å². The Morgan fingerprint density at radius 1 is 1.41 bits per heavy atom. The van der Waals surface area contributed by atoms with Gasteiger partial charge in [-0.1, -0.05) is 12.1 Å². The first-order valence-corrected chi connectivity index (χ1v) is 5.39. The lowest BCUT2D eigenvalue weighted by Crippen LogP contribution is -2.26. The molecule has 0 bridgehead atoms. The van der Waals surface area contributed by atoms with Crippen LogP contribution in [-0.2, 0) is 9.53 Å². The molecule has 0 spiro atoms. The number of rotatable bonds is 3. The van der Waals surface area contributed by atoms with Crippen LogP contribution < -0.4 is 5.32 Å². The Hall–Kier alpha value is -1.94. The highest BCUT2D eigenvalue weighted by molar-refractivity contribution is 6.03. The van der Waals surface area contributed by atoms with E-state index in [1.54, 1.807) is 19.3 Å². The number of carbonyl (C=O) groups excluding carboxylic acids is 1. The summed E-state index contributed by atoms with van der Waals surface area (Å²) < 4.78 is 4.97. The van der Waals surface area contributed by atoms with Gasteiger partial charge in [-0.3, -0.25) is 9.78 Å². The molecule has 88 valence electrons. The molecule has 4 heteroatoms. The number of ether oxygens (including phenoxy) is 1. The lowest BCUT2D eigenvalue weighted by molar-refractivity contribution is -0.124. The third kappa shape index (κ3) is 2.42. The quantitative estimate of drug-likeness (QED) is 0.879. The number of nitrogens with one attached hydrogen (secondary N) is 1. The fourth-order valence-corrected chi connectivity index (χ4v) is 1.57. The van der Waals surface area contributed by atoms with Gasteiger partial charge >= 0.3 is 0 Å². The Kier molecular flexibility index (Phi) is 3.35. The SMILES string of the molecule is COC(C)C(=O)Nc1cccc2cnccc12. The van der Waals surface area contributed by atoms with Gasteiger partial charge in [-0.05, 0) is 19.1 Å². The highest BCUT2D eigenvalue weighted by atomic mass is 16.5. The topological polar surface area (TPSA) is 51.2 Å². The van der Waals surface area contributed by atoms with Gasteiger partial charge in [0.1, 0.15) is 6.10 Å². The van der Waals surface area contributed by atoms with Crippen LogP contribution in [-0.4, -0.2) is 24.1 Å². The number of carbonyl (C=O) groups is 1.